The molecule has 17 heavy (non-hydrogen) atoms. The Bertz CT molecular complexity index is 387. The molecule has 0 radical (unpaired) electrons. The lowest BCUT2D eigenvalue weighted by Crippen LogP contribution is -2.34. The molecule has 1 rings (SSSR count). The minimum atomic E-state index is -0.561. The van der Waals surface area contributed by atoms with Gasteiger partial charge in [-0.3, -0.25) is 4.79 Å². The molecule has 3 nitrogen and oxygen atoms in total. The quantitative estimate of drug-likeness (QED) is 0.888. The van der Waals surface area contributed by atoms with Gasteiger partial charge >= 0.3 is 0 Å². The largest absolute Gasteiger partial charge is 0.391 e. The lowest BCUT2D eigenvalue weighted by molar-refractivity contribution is 0.0871. The zero-order valence-corrected chi connectivity index (χ0v) is 11.2. The number of hydrogen-bond acceptors (Lipinski definition) is 2. The number of carbonyl (C=O) groups is 1. The van der Waals surface area contributed by atoms with Crippen molar-refractivity contribution in [2.75, 3.05) is 6.54 Å². The van der Waals surface area contributed by atoms with Crippen LogP contribution in [0.1, 0.15) is 24.2 Å². The fourth-order valence-corrected chi connectivity index (χ4v) is 1.75. The SMILES string of the molecule is CC(C)C(O)CNC(=O)c1cc(Cl)cc(Cl)c1. The Morgan fingerprint density at radius 3 is 2.29 bits per heavy atom. The second-order valence-corrected chi connectivity index (χ2v) is 5.05. The monoisotopic (exact) mass is 275 g/mol. The molecular formula is C12H15Cl2NO2. The summed E-state index contributed by atoms with van der Waals surface area (Å²) in [5.41, 5.74) is 0.387. The molecule has 0 saturated carbocycles. The Morgan fingerprint density at radius 1 is 1.29 bits per heavy atom. The normalized spacial score (nSPS) is 12.6. The molecule has 1 unspecified atom stereocenters. The van der Waals surface area contributed by atoms with E-state index >= 15 is 0 Å². The summed E-state index contributed by atoms with van der Waals surface area (Å²) in [6, 6.07) is 4.62. The van der Waals surface area contributed by atoms with Gasteiger partial charge < -0.3 is 10.4 Å². The van der Waals surface area contributed by atoms with Gasteiger partial charge in [-0.25, -0.2) is 0 Å². The predicted molar refractivity (Wildman–Crippen MR) is 69.6 cm³/mol. The van der Waals surface area contributed by atoms with Gasteiger partial charge in [0.15, 0.2) is 0 Å². The van der Waals surface area contributed by atoms with Crippen LogP contribution in [0.3, 0.4) is 0 Å². The summed E-state index contributed by atoms with van der Waals surface area (Å²) < 4.78 is 0. The number of halogens is 2. The minimum Gasteiger partial charge on any atom is -0.391 e. The zero-order valence-electron chi connectivity index (χ0n) is 9.71. The van der Waals surface area contributed by atoms with Crippen molar-refractivity contribution in [1.82, 2.24) is 5.32 Å². The van der Waals surface area contributed by atoms with Crippen LogP contribution in [0.5, 0.6) is 0 Å². The van der Waals surface area contributed by atoms with Gasteiger partial charge in [-0.15, -0.1) is 0 Å². The van der Waals surface area contributed by atoms with Crippen molar-refractivity contribution in [1.29, 1.82) is 0 Å². The third-order valence-corrected chi connectivity index (χ3v) is 2.80. The summed E-state index contributed by atoms with van der Waals surface area (Å²) in [6.45, 7) is 3.97. The lowest BCUT2D eigenvalue weighted by Gasteiger charge is -2.15. The van der Waals surface area contributed by atoms with E-state index < -0.39 is 6.10 Å². The van der Waals surface area contributed by atoms with Crippen LogP contribution in [-0.2, 0) is 0 Å². The van der Waals surface area contributed by atoms with Crippen molar-refractivity contribution >= 4 is 29.1 Å². The molecule has 0 aliphatic carbocycles. The first-order valence-corrected chi connectivity index (χ1v) is 6.08. The Labute approximate surface area is 111 Å². The molecule has 1 atom stereocenters. The van der Waals surface area contributed by atoms with E-state index in [9.17, 15) is 9.90 Å². The van der Waals surface area contributed by atoms with Crippen LogP contribution in [0.4, 0.5) is 0 Å². The van der Waals surface area contributed by atoms with Gasteiger partial charge in [0.1, 0.15) is 0 Å². The zero-order chi connectivity index (χ0) is 13.0. The average Bonchev–Trinajstić information content (AvgIpc) is 2.23. The average molecular weight is 276 g/mol. The van der Waals surface area contributed by atoms with Crippen molar-refractivity contribution < 1.29 is 9.90 Å². The highest BCUT2D eigenvalue weighted by atomic mass is 35.5. The molecule has 0 heterocycles. The number of benzene rings is 1. The predicted octanol–water partition coefficient (Wildman–Crippen LogP) is 2.74. The number of aliphatic hydroxyl groups is 1. The second kappa shape index (κ2) is 6.24. The molecule has 0 aliphatic rings. The number of rotatable bonds is 4. The Morgan fingerprint density at radius 2 is 1.82 bits per heavy atom. The van der Waals surface area contributed by atoms with Gasteiger partial charge in [0.25, 0.3) is 5.91 Å². The van der Waals surface area contributed by atoms with Gasteiger partial charge in [-0.05, 0) is 24.1 Å². The Balaban J connectivity index is 2.64. The Hall–Kier alpha value is -0.770. The molecular weight excluding hydrogens is 261 g/mol. The fraction of sp³-hybridized carbons (Fsp3) is 0.417. The van der Waals surface area contributed by atoms with E-state index in [0.717, 1.165) is 0 Å². The first kappa shape index (κ1) is 14.3. The fourth-order valence-electron chi connectivity index (χ4n) is 1.22. The first-order chi connectivity index (χ1) is 7.90. The molecule has 0 saturated heterocycles. The maximum atomic E-state index is 11.7. The van der Waals surface area contributed by atoms with Crippen LogP contribution < -0.4 is 5.32 Å². The summed E-state index contributed by atoms with van der Waals surface area (Å²) >= 11 is 11.6. The van der Waals surface area contributed by atoms with Crippen LogP contribution in [0, 0.1) is 5.92 Å². The van der Waals surface area contributed by atoms with Crippen molar-refractivity contribution in [3.05, 3.63) is 33.8 Å². The molecule has 2 N–H and O–H groups in total. The van der Waals surface area contributed by atoms with Crippen LogP contribution >= 0.6 is 23.2 Å². The van der Waals surface area contributed by atoms with E-state index in [1.807, 2.05) is 13.8 Å². The molecule has 1 amide bonds. The van der Waals surface area contributed by atoms with E-state index in [1.54, 1.807) is 6.07 Å². The standard InChI is InChI=1S/C12H15Cl2NO2/c1-7(2)11(16)6-15-12(17)8-3-9(13)5-10(14)4-8/h3-5,7,11,16H,6H2,1-2H3,(H,15,17). The lowest BCUT2D eigenvalue weighted by atomic mass is 10.1. The van der Waals surface area contributed by atoms with Crippen LogP contribution in [0.2, 0.25) is 10.0 Å². The summed E-state index contributed by atoms with van der Waals surface area (Å²) in [6.07, 6.45) is -0.561. The van der Waals surface area contributed by atoms with Crippen molar-refractivity contribution in [2.24, 2.45) is 5.92 Å². The molecule has 1 aromatic carbocycles. The summed E-state index contributed by atoms with van der Waals surface area (Å²) in [5.74, 6) is -0.202. The smallest absolute Gasteiger partial charge is 0.251 e. The maximum Gasteiger partial charge on any atom is 0.251 e. The number of hydrogen-bond donors (Lipinski definition) is 2. The molecule has 0 spiro atoms. The second-order valence-electron chi connectivity index (χ2n) is 4.18. The molecule has 0 bridgehead atoms. The minimum absolute atomic E-state index is 0.0956. The van der Waals surface area contributed by atoms with E-state index in [4.69, 9.17) is 23.2 Å². The maximum absolute atomic E-state index is 11.7. The van der Waals surface area contributed by atoms with Gasteiger partial charge in [-0.2, -0.15) is 0 Å². The third kappa shape index (κ3) is 4.54. The van der Waals surface area contributed by atoms with Gasteiger partial charge in [0.05, 0.1) is 6.10 Å². The van der Waals surface area contributed by atoms with E-state index in [1.165, 1.54) is 12.1 Å². The summed E-state index contributed by atoms with van der Waals surface area (Å²) in [4.78, 5) is 11.7. The van der Waals surface area contributed by atoms with Crippen molar-refractivity contribution in [2.45, 2.75) is 20.0 Å². The van der Waals surface area contributed by atoms with Crippen LogP contribution in [0.25, 0.3) is 0 Å². The molecule has 0 aromatic heterocycles. The molecule has 1 aromatic rings. The van der Waals surface area contributed by atoms with E-state index in [0.29, 0.717) is 15.6 Å². The van der Waals surface area contributed by atoms with E-state index in [2.05, 4.69) is 5.32 Å². The molecule has 5 heteroatoms. The number of carbonyl (C=O) groups excluding carboxylic acids is 1. The highest BCUT2D eigenvalue weighted by molar-refractivity contribution is 6.35. The van der Waals surface area contributed by atoms with Gasteiger partial charge in [-0.1, -0.05) is 37.0 Å². The molecule has 94 valence electrons. The highest BCUT2D eigenvalue weighted by Gasteiger charge is 2.12. The van der Waals surface area contributed by atoms with Gasteiger partial charge in [0.2, 0.25) is 0 Å². The first-order valence-electron chi connectivity index (χ1n) is 5.32. The van der Waals surface area contributed by atoms with Crippen molar-refractivity contribution in [3.8, 4) is 0 Å². The van der Waals surface area contributed by atoms with Gasteiger partial charge in [0, 0.05) is 22.2 Å². The third-order valence-electron chi connectivity index (χ3n) is 2.37. The highest BCUT2D eigenvalue weighted by Crippen LogP contribution is 2.18. The number of aliphatic hydroxyl groups excluding tert-OH is 1. The molecule has 0 aliphatic heterocycles. The van der Waals surface area contributed by atoms with Crippen LogP contribution in [0.15, 0.2) is 18.2 Å². The number of amides is 1. The van der Waals surface area contributed by atoms with Crippen LogP contribution in [-0.4, -0.2) is 23.7 Å². The van der Waals surface area contributed by atoms with Crippen molar-refractivity contribution in [3.63, 3.8) is 0 Å². The van der Waals surface area contributed by atoms with E-state index in [-0.39, 0.29) is 18.4 Å². The summed E-state index contributed by atoms with van der Waals surface area (Å²) in [5, 5.41) is 13.0. The molecule has 0 fully saturated rings. The summed E-state index contributed by atoms with van der Waals surface area (Å²) in [7, 11) is 0. The number of nitrogens with one attached hydrogen (secondary N) is 1. The Kier molecular flexibility index (Phi) is 5.25. The topological polar surface area (TPSA) is 49.3 Å².